The molecule has 1 atom stereocenters. The van der Waals surface area contributed by atoms with E-state index in [-0.39, 0.29) is 4.70 Å². The number of hydrogen-bond donors (Lipinski definition) is 1. The van der Waals surface area contributed by atoms with E-state index in [9.17, 15) is 0 Å². The predicted molar refractivity (Wildman–Crippen MR) is 45.0 cm³/mol. The highest BCUT2D eigenvalue weighted by Gasteiger charge is 2.05. The molecular weight excluding hydrogens is 145 g/mol. The number of halogens is 1. The molecule has 3 heteroatoms. The molecule has 2 nitrogen and oxygen atoms in total. The van der Waals surface area contributed by atoms with Crippen molar-refractivity contribution in [3.8, 4) is 12.8 Å². The van der Waals surface area contributed by atoms with Gasteiger partial charge in [0, 0.05) is 19.3 Å². The van der Waals surface area contributed by atoms with Crippen LogP contribution in [0.5, 0.6) is 0 Å². The Balaban J connectivity index is 0. The van der Waals surface area contributed by atoms with Crippen molar-refractivity contribution in [2.24, 2.45) is 5.73 Å². The molecule has 0 amide bonds. The molecule has 0 bridgehead atoms. The maximum absolute atomic E-state index is 5.65. The van der Waals surface area contributed by atoms with Gasteiger partial charge in [-0.15, -0.1) is 12.8 Å². The Kier molecular flexibility index (Phi) is 11.1. The minimum Gasteiger partial charge on any atom is -0.381 e. The molecular formula is C8H16FNO. The zero-order chi connectivity index (χ0) is 7.82. The minimum absolute atomic E-state index is 0. The molecule has 0 spiro atoms. The van der Waals surface area contributed by atoms with Crippen LogP contribution in [0.15, 0.2) is 0 Å². The maximum atomic E-state index is 5.65. The van der Waals surface area contributed by atoms with Crippen molar-refractivity contribution in [1.29, 1.82) is 0 Å². The smallest absolute Gasteiger partial charge is 0.0480 e. The van der Waals surface area contributed by atoms with Crippen molar-refractivity contribution >= 4 is 0 Å². The van der Waals surface area contributed by atoms with Gasteiger partial charge in [0.25, 0.3) is 0 Å². The fourth-order valence-corrected chi connectivity index (χ4v) is 0.929. The standard InChI is InChI=1S/C6H13NO.C2H2.FH/c7-6-2-1-4-8-5-3-6;1-2;/h6H,1-5,7H2;1-2H;1H/t6-;;/m1../s1. The summed E-state index contributed by atoms with van der Waals surface area (Å²) in [4.78, 5) is 0. The molecule has 0 aromatic carbocycles. The van der Waals surface area contributed by atoms with Gasteiger partial charge in [0.2, 0.25) is 0 Å². The summed E-state index contributed by atoms with van der Waals surface area (Å²) in [5.41, 5.74) is 5.65. The van der Waals surface area contributed by atoms with Crippen LogP contribution in [0.3, 0.4) is 0 Å². The fraction of sp³-hybridized carbons (Fsp3) is 0.750. The molecule has 1 fully saturated rings. The summed E-state index contributed by atoms with van der Waals surface area (Å²) in [6.45, 7) is 1.77. The SMILES string of the molecule is C#C.F.N[C@@H]1CCCOCC1. The quantitative estimate of drug-likeness (QED) is 0.536. The van der Waals surface area contributed by atoms with Crippen molar-refractivity contribution in [2.75, 3.05) is 13.2 Å². The van der Waals surface area contributed by atoms with E-state index >= 15 is 0 Å². The van der Waals surface area contributed by atoms with E-state index in [0.717, 1.165) is 32.5 Å². The van der Waals surface area contributed by atoms with Crippen molar-refractivity contribution in [3.05, 3.63) is 0 Å². The number of rotatable bonds is 0. The molecule has 0 saturated carbocycles. The summed E-state index contributed by atoms with van der Waals surface area (Å²) >= 11 is 0. The molecule has 1 rings (SSSR count). The van der Waals surface area contributed by atoms with Crippen LogP contribution in [0.1, 0.15) is 19.3 Å². The Labute approximate surface area is 67.5 Å². The first-order valence-corrected chi connectivity index (χ1v) is 3.56. The van der Waals surface area contributed by atoms with Gasteiger partial charge in [-0.3, -0.25) is 4.70 Å². The lowest BCUT2D eigenvalue weighted by Gasteiger charge is -2.02. The number of nitrogens with two attached hydrogens (primary N) is 1. The van der Waals surface area contributed by atoms with Gasteiger partial charge >= 0.3 is 0 Å². The largest absolute Gasteiger partial charge is 0.381 e. The topological polar surface area (TPSA) is 35.2 Å². The highest BCUT2D eigenvalue weighted by Crippen LogP contribution is 2.04. The minimum atomic E-state index is 0. The summed E-state index contributed by atoms with van der Waals surface area (Å²) in [7, 11) is 0. The van der Waals surface area contributed by atoms with E-state index in [1.54, 1.807) is 0 Å². The zero-order valence-corrected chi connectivity index (χ0v) is 6.66. The van der Waals surface area contributed by atoms with Crippen LogP contribution in [0.4, 0.5) is 4.70 Å². The Bertz CT molecular complexity index is 87.3. The van der Waals surface area contributed by atoms with Gasteiger partial charge in [-0.05, 0) is 19.3 Å². The molecule has 1 saturated heterocycles. The second-order valence-corrected chi connectivity index (χ2v) is 2.30. The Morgan fingerprint density at radius 2 is 1.82 bits per heavy atom. The second kappa shape index (κ2) is 9.41. The van der Waals surface area contributed by atoms with Gasteiger partial charge < -0.3 is 10.5 Å². The molecule has 0 aromatic heterocycles. The first-order valence-electron chi connectivity index (χ1n) is 3.56. The highest BCUT2D eigenvalue weighted by molar-refractivity contribution is 4.62. The molecule has 1 aliphatic heterocycles. The summed E-state index contributed by atoms with van der Waals surface area (Å²) in [6, 6.07) is 0.400. The van der Waals surface area contributed by atoms with Gasteiger partial charge in [-0.2, -0.15) is 0 Å². The lowest BCUT2D eigenvalue weighted by atomic mass is 10.1. The highest BCUT2D eigenvalue weighted by atomic mass is 19.0. The van der Waals surface area contributed by atoms with Crippen LogP contribution < -0.4 is 5.73 Å². The van der Waals surface area contributed by atoms with Crippen LogP contribution in [-0.2, 0) is 4.74 Å². The predicted octanol–water partition coefficient (Wildman–Crippen LogP) is 0.916. The van der Waals surface area contributed by atoms with E-state index in [0.29, 0.717) is 6.04 Å². The van der Waals surface area contributed by atoms with E-state index in [2.05, 4.69) is 12.8 Å². The van der Waals surface area contributed by atoms with Gasteiger partial charge in [0.05, 0.1) is 0 Å². The van der Waals surface area contributed by atoms with Crippen LogP contribution in [0.2, 0.25) is 0 Å². The molecule has 0 radical (unpaired) electrons. The molecule has 2 N–H and O–H groups in total. The van der Waals surface area contributed by atoms with Crippen LogP contribution >= 0.6 is 0 Å². The number of ether oxygens (including phenoxy) is 1. The average molecular weight is 161 g/mol. The summed E-state index contributed by atoms with van der Waals surface area (Å²) in [5, 5.41) is 0. The van der Waals surface area contributed by atoms with E-state index in [1.165, 1.54) is 0 Å². The van der Waals surface area contributed by atoms with Gasteiger partial charge in [0.1, 0.15) is 0 Å². The second-order valence-electron chi connectivity index (χ2n) is 2.30. The van der Waals surface area contributed by atoms with Crippen molar-refractivity contribution in [2.45, 2.75) is 25.3 Å². The Morgan fingerprint density at radius 1 is 1.18 bits per heavy atom. The van der Waals surface area contributed by atoms with Crippen LogP contribution in [0.25, 0.3) is 0 Å². The summed E-state index contributed by atoms with van der Waals surface area (Å²) < 4.78 is 5.18. The molecule has 1 heterocycles. The number of terminal acetylenes is 1. The Hall–Kier alpha value is -0.590. The van der Waals surface area contributed by atoms with Gasteiger partial charge in [-0.25, -0.2) is 0 Å². The first kappa shape index (κ1) is 13.0. The monoisotopic (exact) mass is 161 g/mol. The first-order chi connectivity index (χ1) is 4.89. The van der Waals surface area contributed by atoms with Crippen molar-refractivity contribution < 1.29 is 9.44 Å². The average Bonchev–Trinajstić information content (AvgIpc) is 2.21. The molecule has 11 heavy (non-hydrogen) atoms. The zero-order valence-electron chi connectivity index (χ0n) is 6.66. The van der Waals surface area contributed by atoms with E-state index in [4.69, 9.17) is 10.5 Å². The molecule has 0 aliphatic carbocycles. The van der Waals surface area contributed by atoms with Crippen LogP contribution in [0, 0.1) is 12.8 Å². The fourth-order valence-electron chi connectivity index (χ4n) is 0.929. The molecule has 66 valence electrons. The molecule has 1 aliphatic rings. The van der Waals surface area contributed by atoms with E-state index < -0.39 is 0 Å². The third-order valence-corrected chi connectivity index (χ3v) is 1.50. The van der Waals surface area contributed by atoms with Gasteiger partial charge in [-0.1, -0.05) is 0 Å². The lowest BCUT2D eigenvalue weighted by molar-refractivity contribution is 0.143. The van der Waals surface area contributed by atoms with E-state index in [1.807, 2.05) is 0 Å². The third kappa shape index (κ3) is 7.31. The van der Waals surface area contributed by atoms with Crippen molar-refractivity contribution in [1.82, 2.24) is 0 Å². The Morgan fingerprint density at radius 3 is 2.45 bits per heavy atom. The van der Waals surface area contributed by atoms with Crippen molar-refractivity contribution in [3.63, 3.8) is 0 Å². The molecule has 0 aromatic rings. The molecule has 0 unspecified atom stereocenters. The third-order valence-electron chi connectivity index (χ3n) is 1.50. The van der Waals surface area contributed by atoms with Crippen LogP contribution in [-0.4, -0.2) is 19.3 Å². The lowest BCUT2D eigenvalue weighted by Crippen LogP contribution is -2.19. The maximum Gasteiger partial charge on any atom is 0.0480 e. The summed E-state index contributed by atoms with van der Waals surface area (Å²) in [5.74, 6) is 0. The van der Waals surface area contributed by atoms with Gasteiger partial charge in [0.15, 0.2) is 0 Å². The normalized spacial score (nSPS) is 23.4. The summed E-state index contributed by atoms with van der Waals surface area (Å²) in [6.07, 6.45) is 11.3. The number of hydrogen-bond acceptors (Lipinski definition) is 2.